The summed E-state index contributed by atoms with van der Waals surface area (Å²) in [5, 5.41) is 12.9. The topological polar surface area (TPSA) is 78.3 Å². The molecule has 0 saturated heterocycles. The smallest absolute Gasteiger partial charge is 0.234 e. The highest BCUT2D eigenvalue weighted by atomic mass is 35.5. The van der Waals surface area contributed by atoms with Gasteiger partial charge in [0.25, 0.3) is 0 Å². The maximum atomic E-state index is 12.7. The van der Waals surface area contributed by atoms with E-state index < -0.39 is 0 Å². The quantitative estimate of drug-likeness (QED) is 0.273. The van der Waals surface area contributed by atoms with Gasteiger partial charge in [0, 0.05) is 16.4 Å². The second-order valence-corrected chi connectivity index (χ2v) is 8.90. The normalized spacial score (nSPS) is 10.7. The van der Waals surface area contributed by atoms with E-state index in [0.29, 0.717) is 21.8 Å². The number of nitrogens with one attached hydrogen (secondary N) is 1. The Hall–Kier alpha value is -3.49. The number of nitrogens with zero attached hydrogens (tertiary/aromatic N) is 3. The number of para-hydroxylation sites is 1. The number of carbonyl (C=O) groups is 1. The van der Waals surface area contributed by atoms with Crippen molar-refractivity contribution in [2.45, 2.75) is 25.1 Å². The van der Waals surface area contributed by atoms with Crippen LogP contribution in [0, 0.1) is 0 Å². The Morgan fingerprint density at radius 1 is 1.00 bits per heavy atom. The molecule has 0 aliphatic carbocycles. The summed E-state index contributed by atoms with van der Waals surface area (Å²) in [6.07, 6.45) is 0.840. The summed E-state index contributed by atoms with van der Waals surface area (Å²) in [4.78, 5) is 12.7. The molecule has 0 spiro atoms. The number of aromatic nitrogens is 3. The van der Waals surface area contributed by atoms with Crippen molar-refractivity contribution in [1.82, 2.24) is 14.8 Å². The van der Waals surface area contributed by atoms with E-state index in [2.05, 4.69) is 22.4 Å². The second kappa shape index (κ2) is 11.8. The minimum Gasteiger partial charge on any atom is -0.497 e. The molecular weight excluding hydrogens is 484 g/mol. The number of hydrogen-bond donors (Lipinski definition) is 1. The SMILES string of the molecule is CCc1ccccc1NC(=O)CSc1nnc(COc2ccc(Cl)cc2)n1-c1ccc(OC)cc1. The molecule has 0 aliphatic heterocycles. The predicted octanol–water partition coefficient (Wildman–Crippen LogP) is 5.80. The average molecular weight is 509 g/mol. The minimum atomic E-state index is -0.112. The van der Waals surface area contributed by atoms with Crippen LogP contribution >= 0.6 is 23.4 Å². The molecule has 0 atom stereocenters. The van der Waals surface area contributed by atoms with Crippen molar-refractivity contribution in [3.63, 3.8) is 0 Å². The summed E-state index contributed by atoms with van der Waals surface area (Å²) in [6.45, 7) is 2.25. The van der Waals surface area contributed by atoms with E-state index in [0.717, 1.165) is 29.1 Å². The van der Waals surface area contributed by atoms with Crippen LogP contribution in [0.3, 0.4) is 0 Å². The fourth-order valence-electron chi connectivity index (χ4n) is 3.42. The van der Waals surface area contributed by atoms with E-state index >= 15 is 0 Å². The zero-order valence-corrected chi connectivity index (χ0v) is 21.0. The molecule has 0 bridgehead atoms. The molecule has 4 rings (SSSR count). The van der Waals surface area contributed by atoms with Crippen LogP contribution in [0.15, 0.2) is 78.0 Å². The van der Waals surface area contributed by atoms with Crippen molar-refractivity contribution in [2.75, 3.05) is 18.2 Å². The Balaban J connectivity index is 1.52. The van der Waals surface area contributed by atoms with Gasteiger partial charge in [-0.15, -0.1) is 10.2 Å². The molecule has 1 heterocycles. The van der Waals surface area contributed by atoms with E-state index in [1.54, 1.807) is 31.4 Å². The van der Waals surface area contributed by atoms with Gasteiger partial charge in [-0.25, -0.2) is 0 Å². The lowest BCUT2D eigenvalue weighted by Crippen LogP contribution is -2.16. The Bertz CT molecular complexity index is 1280. The number of amides is 1. The van der Waals surface area contributed by atoms with Crippen LogP contribution in [0.25, 0.3) is 5.69 Å². The lowest BCUT2D eigenvalue weighted by molar-refractivity contribution is -0.113. The van der Waals surface area contributed by atoms with Crippen LogP contribution in [0.4, 0.5) is 5.69 Å². The second-order valence-electron chi connectivity index (χ2n) is 7.52. The van der Waals surface area contributed by atoms with Gasteiger partial charge in [0.05, 0.1) is 12.9 Å². The van der Waals surface area contributed by atoms with Gasteiger partial charge in [-0.1, -0.05) is 48.5 Å². The van der Waals surface area contributed by atoms with Gasteiger partial charge >= 0.3 is 0 Å². The van der Waals surface area contributed by atoms with Crippen LogP contribution in [-0.4, -0.2) is 33.5 Å². The highest BCUT2D eigenvalue weighted by molar-refractivity contribution is 7.99. The molecule has 7 nitrogen and oxygen atoms in total. The van der Waals surface area contributed by atoms with Crippen molar-refractivity contribution >= 4 is 35.0 Å². The average Bonchev–Trinajstić information content (AvgIpc) is 3.30. The van der Waals surface area contributed by atoms with Gasteiger partial charge in [-0.05, 0) is 66.6 Å². The molecule has 1 aromatic heterocycles. The van der Waals surface area contributed by atoms with Crippen LogP contribution < -0.4 is 14.8 Å². The molecule has 35 heavy (non-hydrogen) atoms. The van der Waals surface area contributed by atoms with Crippen molar-refractivity contribution in [3.05, 3.63) is 89.2 Å². The first-order valence-corrected chi connectivity index (χ1v) is 12.4. The molecule has 180 valence electrons. The molecule has 0 fully saturated rings. The van der Waals surface area contributed by atoms with Crippen molar-refractivity contribution in [3.8, 4) is 17.2 Å². The third kappa shape index (κ3) is 6.35. The minimum absolute atomic E-state index is 0.112. The molecule has 1 N–H and O–H groups in total. The number of aryl methyl sites for hydroxylation is 1. The number of ether oxygens (including phenoxy) is 2. The molecule has 0 saturated carbocycles. The van der Waals surface area contributed by atoms with E-state index in [1.807, 2.05) is 53.1 Å². The molecular formula is C26H25ClN4O3S. The maximum Gasteiger partial charge on any atom is 0.234 e. The first-order valence-electron chi connectivity index (χ1n) is 11.0. The number of rotatable bonds is 10. The van der Waals surface area contributed by atoms with E-state index in [-0.39, 0.29) is 18.3 Å². The molecule has 0 unspecified atom stereocenters. The van der Waals surface area contributed by atoms with E-state index in [9.17, 15) is 4.79 Å². The number of benzene rings is 3. The zero-order chi connectivity index (χ0) is 24.6. The predicted molar refractivity (Wildman–Crippen MR) is 139 cm³/mol. The standard InChI is InChI=1S/C26H25ClN4O3S/c1-3-18-6-4-5-7-23(18)28-25(32)17-35-26-30-29-24(16-34-22-12-8-19(27)9-13-22)31(26)20-10-14-21(33-2)15-11-20/h4-15H,3,16-17H2,1-2H3,(H,28,32). The fourth-order valence-corrected chi connectivity index (χ4v) is 4.32. The molecule has 0 aliphatic rings. The fraction of sp³-hybridized carbons (Fsp3) is 0.192. The first kappa shape index (κ1) is 24.6. The number of methoxy groups -OCH3 is 1. The van der Waals surface area contributed by atoms with Crippen LogP contribution in [0.1, 0.15) is 18.3 Å². The third-order valence-corrected chi connectivity index (χ3v) is 6.40. The first-order chi connectivity index (χ1) is 17.1. The lowest BCUT2D eigenvalue weighted by Gasteiger charge is -2.12. The third-order valence-electron chi connectivity index (χ3n) is 5.22. The molecule has 4 aromatic rings. The van der Waals surface area contributed by atoms with Gasteiger partial charge in [0.2, 0.25) is 5.91 Å². The van der Waals surface area contributed by atoms with Crippen LogP contribution in [0.2, 0.25) is 5.02 Å². The number of hydrogen-bond acceptors (Lipinski definition) is 6. The van der Waals surface area contributed by atoms with Crippen molar-refractivity contribution in [2.24, 2.45) is 0 Å². The van der Waals surface area contributed by atoms with Crippen molar-refractivity contribution < 1.29 is 14.3 Å². The highest BCUT2D eigenvalue weighted by Gasteiger charge is 2.17. The summed E-state index contributed by atoms with van der Waals surface area (Å²) in [7, 11) is 1.62. The highest BCUT2D eigenvalue weighted by Crippen LogP contribution is 2.25. The van der Waals surface area contributed by atoms with Crippen molar-refractivity contribution in [1.29, 1.82) is 0 Å². The summed E-state index contributed by atoms with van der Waals surface area (Å²) in [6, 6.07) is 22.5. The van der Waals surface area contributed by atoms with Gasteiger partial charge in [-0.2, -0.15) is 0 Å². The summed E-state index contributed by atoms with van der Waals surface area (Å²) >= 11 is 7.27. The van der Waals surface area contributed by atoms with Gasteiger partial charge in [0.15, 0.2) is 11.0 Å². The largest absolute Gasteiger partial charge is 0.497 e. The van der Waals surface area contributed by atoms with E-state index in [4.69, 9.17) is 21.1 Å². The number of thioether (sulfide) groups is 1. The molecule has 9 heteroatoms. The van der Waals surface area contributed by atoms with Gasteiger partial charge in [0.1, 0.15) is 18.1 Å². The van der Waals surface area contributed by atoms with Crippen LogP contribution in [0.5, 0.6) is 11.5 Å². The Morgan fingerprint density at radius 2 is 1.71 bits per heavy atom. The molecule has 3 aromatic carbocycles. The van der Waals surface area contributed by atoms with Gasteiger partial charge < -0.3 is 14.8 Å². The number of halogens is 1. The maximum absolute atomic E-state index is 12.7. The molecule has 0 radical (unpaired) electrons. The number of anilines is 1. The summed E-state index contributed by atoms with van der Waals surface area (Å²) in [5.74, 6) is 2.08. The van der Waals surface area contributed by atoms with Crippen LogP contribution in [-0.2, 0) is 17.8 Å². The Morgan fingerprint density at radius 3 is 2.43 bits per heavy atom. The zero-order valence-electron chi connectivity index (χ0n) is 19.4. The monoisotopic (exact) mass is 508 g/mol. The van der Waals surface area contributed by atoms with Gasteiger partial charge in [-0.3, -0.25) is 9.36 Å². The van der Waals surface area contributed by atoms with E-state index in [1.165, 1.54) is 11.8 Å². The lowest BCUT2D eigenvalue weighted by atomic mass is 10.1. The number of carbonyl (C=O) groups excluding carboxylic acids is 1. The molecule has 1 amide bonds. The Kier molecular flexibility index (Phi) is 8.28. The summed E-state index contributed by atoms with van der Waals surface area (Å²) in [5.41, 5.74) is 2.76. The summed E-state index contributed by atoms with van der Waals surface area (Å²) < 4.78 is 13.1. The Labute approximate surface area is 213 Å².